The van der Waals surface area contributed by atoms with E-state index in [1.165, 1.54) is 0 Å². The van der Waals surface area contributed by atoms with E-state index in [-0.39, 0.29) is 5.91 Å². The van der Waals surface area contributed by atoms with E-state index in [1.54, 1.807) is 24.3 Å². The quantitative estimate of drug-likeness (QED) is 0.870. The number of carbonyl (C=O) groups excluding carboxylic acids is 1. The highest BCUT2D eigenvalue weighted by molar-refractivity contribution is 6.31. The van der Waals surface area contributed by atoms with E-state index in [2.05, 4.69) is 5.32 Å². The molecule has 4 heteroatoms. The number of halogens is 1. The second kappa shape index (κ2) is 7.14. The van der Waals surface area contributed by atoms with E-state index in [0.717, 1.165) is 12.0 Å². The highest BCUT2D eigenvalue weighted by Gasteiger charge is 2.13. The van der Waals surface area contributed by atoms with Crippen molar-refractivity contribution < 1.29 is 9.53 Å². The van der Waals surface area contributed by atoms with Crippen LogP contribution in [-0.4, -0.2) is 12.5 Å². The van der Waals surface area contributed by atoms with Crippen LogP contribution in [0.2, 0.25) is 5.02 Å². The number of rotatable bonds is 5. The van der Waals surface area contributed by atoms with Gasteiger partial charge in [0.15, 0.2) is 0 Å². The van der Waals surface area contributed by atoms with Gasteiger partial charge in [-0.1, -0.05) is 36.7 Å². The first kappa shape index (κ1) is 15.4. The Bertz CT molecular complexity index is 640. The summed E-state index contributed by atoms with van der Waals surface area (Å²) in [6.45, 7) is 4.53. The monoisotopic (exact) mass is 303 g/mol. The van der Waals surface area contributed by atoms with Crippen LogP contribution in [0.25, 0.3) is 0 Å². The minimum absolute atomic E-state index is 0.202. The van der Waals surface area contributed by atoms with Gasteiger partial charge in [-0.2, -0.15) is 0 Å². The van der Waals surface area contributed by atoms with Crippen LogP contribution in [0.1, 0.15) is 29.3 Å². The second-order valence-electron chi connectivity index (χ2n) is 4.76. The number of benzene rings is 2. The lowest BCUT2D eigenvalue weighted by molar-refractivity contribution is 0.102. The minimum atomic E-state index is -0.202. The molecule has 1 amide bonds. The fraction of sp³-hybridized carbons (Fsp3) is 0.235. The molecule has 3 nitrogen and oxygen atoms in total. The van der Waals surface area contributed by atoms with E-state index < -0.39 is 0 Å². The Labute approximate surface area is 129 Å². The summed E-state index contributed by atoms with van der Waals surface area (Å²) in [5, 5.41) is 3.47. The number of aryl methyl sites for hydroxylation is 1. The number of amides is 1. The number of hydrogen-bond donors (Lipinski definition) is 1. The first-order valence-electron chi connectivity index (χ1n) is 6.91. The van der Waals surface area contributed by atoms with Crippen molar-refractivity contribution in [1.82, 2.24) is 0 Å². The summed E-state index contributed by atoms with van der Waals surface area (Å²) in [7, 11) is 0. The van der Waals surface area contributed by atoms with Crippen molar-refractivity contribution >= 4 is 23.2 Å². The molecule has 2 rings (SSSR count). The molecule has 0 aliphatic heterocycles. The number of hydrogen-bond acceptors (Lipinski definition) is 2. The molecule has 0 unspecified atom stereocenters. The molecule has 0 spiro atoms. The van der Waals surface area contributed by atoms with Gasteiger partial charge in [-0.05, 0) is 43.2 Å². The third-order valence-corrected chi connectivity index (χ3v) is 3.28. The molecule has 0 aliphatic carbocycles. The zero-order valence-electron chi connectivity index (χ0n) is 12.2. The highest BCUT2D eigenvalue weighted by atomic mass is 35.5. The van der Waals surface area contributed by atoms with Gasteiger partial charge < -0.3 is 10.1 Å². The van der Waals surface area contributed by atoms with Crippen LogP contribution in [0.15, 0.2) is 42.5 Å². The van der Waals surface area contributed by atoms with Gasteiger partial charge >= 0.3 is 0 Å². The SMILES string of the molecule is CCCOc1ccccc1C(=O)Nc1cc(Cl)ccc1C. The molecule has 1 N–H and O–H groups in total. The maximum absolute atomic E-state index is 12.4. The maximum Gasteiger partial charge on any atom is 0.259 e. The Balaban J connectivity index is 2.22. The normalized spacial score (nSPS) is 10.2. The van der Waals surface area contributed by atoms with E-state index >= 15 is 0 Å². The summed E-state index contributed by atoms with van der Waals surface area (Å²) in [5.41, 5.74) is 2.18. The first-order chi connectivity index (χ1) is 10.1. The van der Waals surface area contributed by atoms with Crippen molar-refractivity contribution in [3.05, 3.63) is 58.6 Å². The van der Waals surface area contributed by atoms with Gasteiger partial charge in [0.05, 0.1) is 12.2 Å². The van der Waals surface area contributed by atoms with Gasteiger partial charge in [0.1, 0.15) is 5.75 Å². The third-order valence-electron chi connectivity index (χ3n) is 3.04. The summed E-state index contributed by atoms with van der Waals surface area (Å²) in [6.07, 6.45) is 0.892. The molecule has 21 heavy (non-hydrogen) atoms. The van der Waals surface area contributed by atoms with Crippen LogP contribution in [0, 0.1) is 6.92 Å². The average Bonchev–Trinajstić information content (AvgIpc) is 2.49. The molecule has 0 saturated heterocycles. The molecule has 2 aromatic rings. The fourth-order valence-corrected chi connectivity index (χ4v) is 2.08. The Morgan fingerprint density at radius 1 is 1.24 bits per heavy atom. The van der Waals surface area contributed by atoms with Crippen LogP contribution in [0.5, 0.6) is 5.75 Å². The Hall–Kier alpha value is -2.00. The molecular weight excluding hydrogens is 286 g/mol. The van der Waals surface area contributed by atoms with Gasteiger partial charge in [0, 0.05) is 10.7 Å². The molecule has 110 valence electrons. The minimum Gasteiger partial charge on any atom is -0.493 e. The predicted molar refractivity (Wildman–Crippen MR) is 86.4 cm³/mol. The standard InChI is InChI=1S/C17H18ClNO2/c1-3-10-21-16-7-5-4-6-14(16)17(20)19-15-11-13(18)9-8-12(15)2/h4-9,11H,3,10H2,1-2H3,(H,19,20). The molecule has 0 radical (unpaired) electrons. The number of anilines is 1. The van der Waals surface area contributed by atoms with Crippen molar-refractivity contribution in [3.8, 4) is 5.75 Å². The summed E-state index contributed by atoms with van der Waals surface area (Å²) < 4.78 is 5.61. The fourth-order valence-electron chi connectivity index (χ4n) is 1.91. The van der Waals surface area contributed by atoms with Crippen molar-refractivity contribution in [2.24, 2.45) is 0 Å². The molecule has 0 fully saturated rings. The molecule has 2 aromatic carbocycles. The lowest BCUT2D eigenvalue weighted by Crippen LogP contribution is -2.14. The van der Waals surface area contributed by atoms with Crippen molar-refractivity contribution in [2.75, 3.05) is 11.9 Å². The van der Waals surface area contributed by atoms with Crippen LogP contribution in [-0.2, 0) is 0 Å². The third kappa shape index (κ3) is 3.99. The number of nitrogens with one attached hydrogen (secondary N) is 1. The van der Waals surface area contributed by atoms with Crippen LogP contribution >= 0.6 is 11.6 Å². The van der Waals surface area contributed by atoms with E-state index in [0.29, 0.717) is 28.6 Å². The average molecular weight is 304 g/mol. The van der Waals surface area contributed by atoms with Crippen LogP contribution in [0.4, 0.5) is 5.69 Å². The Kier molecular flexibility index (Phi) is 5.23. The number of ether oxygens (including phenoxy) is 1. The summed E-state index contributed by atoms with van der Waals surface area (Å²) in [6, 6.07) is 12.6. The van der Waals surface area contributed by atoms with Crippen LogP contribution in [0.3, 0.4) is 0 Å². The lowest BCUT2D eigenvalue weighted by atomic mass is 10.1. The van der Waals surface area contributed by atoms with E-state index in [4.69, 9.17) is 16.3 Å². The molecule has 0 aliphatic rings. The van der Waals surface area contributed by atoms with Crippen LogP contribution < -0.4 is 10.1 Å². The van der Waals surface area contributed by atoms with Crippen molar-refractivity contribution in [3.63, 3.8) is 0 Å². The molecule has 0 heterocycles. The second-order valence-corrected chi connectivity index (χ2v) is 5.19. The van der Waals surface area contributed by atoms with Crippen molar-refractivity contribution in [1.29, 1.82) is 0 Å². The number of para-hydroxylation sites is 1. The zero-order chi connectivity index (χ0) is 15.2. The predicted octanol–water partition coefficient (Wildman–Crippen LogP) is 4.69. The molecule has 0 atom stereocenters. The summed E-state index contributed by atoms with van der Waals surface area (Å²) in [5.74, 6) is 0.392. The molecule has 0 aromatic heterocycles. The van der Waals surface area contributed by atoms with Gasteiger partial charge in [0.25, 0.3) is 5.91 Å². The Morgan fingerprint density at radius 2 is 2.00 bits per heavy atom. The van der Waals surface area contributed by atoms with E-state index in [9.17, 15) is 4.79 Å². The largest absolute Gasteiger partial charge is 0.493 e. The number of carbonyl (C=O) groups is 1. The maximum atomic E-state index is 12.4. The summed E-state index contributed by atoms with van der Waals surface area (Å²) >= 11 is 5.97. The van der Waals surface area contributed by atoms with Gasteiger partial charge in [-0.25, -0.2) is 0 Å². The van der Waals surface area contributed by atoms with E-state index in [1.807, 2.05) is 32.0 Å². The molecule has 0 bridgehead atoms. The highest BCUT2D eigenvalue weighted by Crippen LogP contribution is 2.23. The van der Waals surface area contributed by atoms with Gasteiger partial charge in [-0.3, -0.25) is 4.79 Å². The Morgan fingerprint density at radius 3 is 2.76 bits per heavy atom. The summed E-state index contributed by atoms with van der Waals surface area (Å²) in [4.78, 5) is 12.4. The van der Waals surface area contributed by atoms with Gasteiger partial charge in [-0.15, -0.1) is 0 Å². The zero-order valence-corrected chi connectivity index (χ0v) is 12.9. The molecule has 0 saturated carbocycles. The molecular formula is C17H18ClNO2. The van der Waals surface area contributed by atoms with Crippen molar-refractivity contribution in [2.45, 2.75) is 20.3 Å². The first-order valence-corrected chi connectivity index (χ1v) is 7.29. The van der Waals surface area contributed by atoms with Gasteiger partial charge in [0.2, 0.25) is 0 Å². The lowest BCUT2D eigenvalue weighted by Gasteiger charge is -2.12. The topological polar surface area (TPSA) is 38.3 Å². The smallest absolute Gasteiger partial charge is 0.259 e.